The summed E-state index contributed by atoms with van der Waals surface area (Å²) < 4.78 is 72.2. The lowest BCUT2D eigenvalue weighted by molar-refractivity contribution is -0.343. The van der Waals surface area contributed by atoms with Crippen LogP contribution >= 0.6 is 0 Å². The van der Waals surface area contributed by atoms with Gasteiger partial charge in [0.15, 0.2) is 30.9 Å². The van der Waals surface area contributed by atoms with Gasteiger partial charge in [-0.3, -0.25) is 0 Å². The summed E-state index contributed by atoms with van der Waals surface area (Å²) in [5.74, 6) is -2.32. The molecule has 0 aromatic heterocycles. The fraction of sp³-hybridized carbons (Fsp3) is 0.274. The lowest BCUT2D eigenvalue weighted by atomic mass is 9.96. The van der Waals surface area contributed by atoms with E-state index in [9.17, 15) is 14.4 Å². The number of methoxy groups -OCH3 is 1. The maximum atomic E-state index is 14.2. The molecule has 0 N–H and O–H groups in total. The minimum Gasteiger partial charge on any atom is -0.452 e. The second-order valence-electron chi connectivity index (χ2n) is 18.1. The van der Waals surface area contributed by atoms with Crippen molar-refractivity contribution < 1.29 is 66.5 Å². The van der Waals surface area contributed by atoms with Gasteiger partial charge < -0.3 is 52.1 Å². The van der Waals surface area contributed by atoms with Gasteiger partial charge in [0.1, 0.15) is 30.5 Å². The van der Waals surface area contributed by atoms with E-state index in [0.29, 0.717) is 0 Å². The van der Waals surface area contributed by atoms with Gasteiger partial charge in [0.05, 0.1) is 56.3 Å². The molecule has 0 amide bonds. The van der Waals surface area contributed by atoms with E-state index in [1.807, 2.05) is 121 Å². The van der Waals surface area contributed by atoms with Crippen LogP contribution < -0.4 is 0 Å². The van der Waals surface area contributed by atoms with E-state index >= 15 is 0 Å². The molecule has 0 radical (unpaired) electrons. The molecule has 14 heteroatoms. The van der Waals surface area contributed by atoms with Crippen molar-refractivity contribution in [1.29, 1.82) is 0 Å². The Morgan fingerprint density at radius 2 is 0.684 bits per heavy atom. The SMILES string of the molecule is CO[C@H]1O[C@H](CO[C@H]2O[C@H](COCc3ccccc3)[C@@H](OCc3ccccc3)[C@H](OCc3ccccc3)[C@H]2OCc2ccccc2)[C@@H](OC(=O)c2ccccc2)[C@H](OC(=O)c2ccccc2)[C@@H]1OC(=O)c1ccccc1. The van der Waals surface area contributed by atoms with E-state index in [2.05, 4.69) is 0 Å². The van der Waals surface area contributed by atoms with Gasteiger partial charge in [-0.1, -0.05) is 176 Å². The average Bonchev–Trinajstić information content (AvgIpc) is 3.48. The molecule has 14 nitrogen and oxygen atoms in total. The number of hydrogen-bond acceptors (Lipinski definition) is 14. The summed E-state index contributed by atoms with van der Waals surface area (Å²) in [4.78, 5) is 42.3. The van der Waals surface area contributed by atoms with Crippen LogP contribution in [0, 0.1) is 0 Å². The summed E-state index contributed by atoms with van der Waals surface area (Å²) in [5, 5.41) is 0. The fourth-order valence-electron chi connectivity index (χ4n) is 8.97. The molecule has 10 atom stereocenters. The van der Waals surface area contributed by atoms with Crippen molar-refractivity contribution in [3.8, 4) is 0 Å². The minimum absolute atomic E-state index is 0.0553. The first kappa shape index (κ1) is 53.5. The predicted octanol–water partition coefficient (Wildman–Crippen LogP) is 9.75. The first-order chi connectivity index (χ1) is 37.4. The van der Waals surface area contributed by atoms with Crippen LogP contribution in [0.3, 0.4) is 0 Å². The van der Waals surface area contributed by atoms with Crippen molar-refractivity contribution in [3.63, 3.8) is 0 Å². The lowest BCUT2D eigenvalue weighted by Crippen LogP contribution is -2.64. The molecule has 2 fully saturated rings. The van der Waals surface area contributed by atoms with Gasteiger partial charge in [-0.05, 0) is 58.7 Å². The summed E-state index contributed by atoms with van der Waals surface area (Å²) >= 11 is 0. The van der Waals surface area contributed by atoms with Gasteiger partial charge in [-0.15, -0.1) is 0 Å². The molecule has 2 heterocycles. The molecule has 0 bridgehead atoms. The molecule has 7 aromatic rings. The van der Waals surface area contributed by atoms with E-state index in [0.717, 1.165) is 22.3 Å². The number of carbonyl (C=O) groups excluding carboxylic acids is 3. The zero-order chi connectivity index (χ0) is 52.3. The van der Waals surface area contributed by atoms with Crippen LogP contribution in [-0.4, -0.2) is 99.6 Å². The topological polar surface area (TPSA) is 153 Å². The minimum atomic E-state index is -1.52. The van der Waals surface area contributed by atoms with E-state index in [1.54, 1.807) is 91.0 Å². The normalized spacial score (nSPS) is 23.2. The Balaban J connectivity index is 1.08. The zero-order valence-electron chi connectivity index (χ0n) is 41.9. The van der Waals surface area contributed by atoms with Crippen molar-refractivity contribution in [2.45, 2.75) is 87.8 Å². The molecule has 2 saturated heterocycles. The van der Waals surface area contributed by atoms with Crippen LogP contribution in [0.2, 0.25) is 0 Å². The highest BCUT2D eigenvalue weighted by Gasteiger charge is 2.55. The molecule has 2 aliphatic heterocycles. The highest BCUT2D eigenvalue weighted by atomic mass is 16.8. The fourth-order valence-corrected chi connectivity index (χ4v) is 8.97. The Hall–Kier alpha value is -7.37. The Bertz CT molecular complexity index is 2830. The lowest BCUT2D eigenvalue weighted by Gasteiger charge is -2.47. The highest BCUT2D eigenvalue weighted by Crippen LogP contribution is 2.35. The van der Waals surface area contributed by atoms with Crippen molar-refractivity contribution in [1.82, 2.24) is 0 Å². The third-order valence-corrected chi connectivity index (χ3v) is 12.8. The third-order valence-electron chi connectivity index (χ3n) is 12.8. The van der Waals surface area contributed by atoms with E-state index in [1.165, 1.54) is 7.11 Å². The van der Waals surface area contributed by atoms with Crippen LogP contribution in [0.25, 0.3) is 0 Å². The van der Waals surface area contributed by atoms with E-state index in [-0.39, 0.29) is 56.3 Å². The first-order valence-electron chi connectivity index (χ1n) is 25.2. The Kier molecular flexibility index (Phi) is 19.3. The van der Waals surface area contributed by atoms with Gasteiger partial charge >= 0.3 is 17.9 Å². The Morgan fingerprint density at radius 1 is 0.342 bits per heavy atom. The van der Waals surface area contributed by atoms with E-state index in [4.69, 9.17) is 52.1 Å². The molecule has 0 spiro atoms. The number of hydrogen-bond donors (Lipinski definition) is 0. The quantitative estimate of drug-likeness (QED) is 0.0441. The maximum Gasteiger partial charge on any atom is 0.338 e. The smallest absolute Gasteiger partial charge is 0.338 e. The second kappa shape index (κ2) is 27.4. The largest absolute Gasteiger partial charge is 0.452 e. The number of rotatable bonds is 23. The molecule has 9 rings (SSSR count). The molecule has 0 aliphatic carbocycles. The van der Waals surface area contributed by atoms with Crippen LogP contribution in [-0.2, 0) is 78.5 Å². The van der Waals surface area contributed by atoms with Crippen molar-refractivity contribution in [2.75, 3.05) is 20.3 Å². The number of carbonyl (C=O) groups is 3. The van der Waals surface area contributed by atoms with Gasteiger partial charge in [-0.25, -0.2) is 14.4 Å². The zero-order valence-corrected chi connectivity index (χ0v) is 41.9. The summed E-state index contributed by atoms with van der Waals surface area (Å²) in [7, 11) is 1.36. The standard InChI is InChI=1S/C62H60O14/c1-66-61-57(76-60(65)49-35-21-8-22-36-49)55(75-59(64)48-33-19-7-20-34-48)53(74-58(63)47-31-17-6-18-32-47)51(72-61)42-71-62-56(70-40-46-29-15-5-16-30-46)54(69-39-45-27-13-4-14-28-45)52(68-38-44-25-11-3-12-26-44)50(73-62)41-67-37-43-23-9-2-10-24-43/h2-36,50-57,61-62H,37-42H2,1H3/t50-,51-,52-,53-,54+,55+,56-,57+,61+,62+/m1/s1. The number of benzene rings is 7. The van der Waals surface area contributed by atoms with Crippen LogP contribution in [0.4, 0.5) is 0 Å². The molecular weight excluding hydrogens is 969 g/mol. The van der Waals surface area contributed by atoms with Gasteiger partial charge in [0, 0.05) is 7.11 Å². The van der Waals surface area contributed by atoms with E-state index < -0.39 is 79.3 Å². The molecule has 76 heavy (non-hydrogen) atoms. The van der Waals surface area contributed by atoms with Gasteiger partial charge in [0.2, 0.25) is 0 Å². The van der Waals surface area contributed by atoms with Crippen molar-refractivity contribution >= 4 is 17.9 Å². The number of ether oxygens (including phenoxy) is 11. The summed E-state index contributed by atoms with van der Waals surface area (Å²) in [6.45, 7) is 0.495. The van der Waals surface area contributed by atoms with Crippen molar-refractivity contribution in [2.24, 2.45) is 0 Å². The molecule has 7 aromatic carbocycles. The van der Waals surface area contributed by atoms with Crippen molar-refractivity contribution in [3.05, 3.63) is 251 Å². The van der Waals surface area contributed by atoms with Crippen LogP contribution in [0.5, 0.6) is 0 Å². The molecular formula is C62H60O14. The second-order valence-corrected chi connectivity index (χ2v) is 18.1. The van der Waals surface area contributed by atoms with Gasteiger partial charge in [0.25, 0.3) is 0 Å². The molecule has 0 unspecified atom stereocenters. The monoisotopic (exact) mass is 1030 g/mol. The molecule has 392 valence electrons. The maximum absolute atomic E-state index is 14.2. The number of esters is 3. The predicted molar refractivity (Wildman–Crippen MR) is 278 cm³/mol. The Labute approximate surface area is 442 Å². The van der Waals surface area contributed by atoms with Crippen LogP contribution in [0.1, 0.15) is 53.3 Å². The molecule has 0 saturated carbocycles. The molecule has 2 aliphatic rings. The average molecular weight is 1030 g/mol. The summed E-state index contributed by atoms with van der Waals surface area (Å²) in [6, 6.07) is 63.9. The first-order valence-corrected chi connectivity index (χ1v) is 25.2. The van der Waals surface area contributed by atoms with Crippen LogP contribution in [0.15, 0.2) is 212 Å². The summed E-state index contributed by atoms with van der Waals surface area (Å²) in [6.07, 6.45) is -11.7. The third kappa shape index (κ3) is 14.5. The highest BCUT2D eigenvalue weighted by molar-refractivity contribution is 5.91. The Morgan fingerprint density at radius 3 is 1.12 bits per heavy atom. The van der Waals surface area contributed by atoms with Gasteiger partial charge in [-0.2, -0.15) is 0 Å². The summed E-state index contributed by atoms with van der Waals surface area (Å²) in [5.41, 5.74) is 4.28.